The van der Waals surface area contributed by atoms with Crippen LogP contribution in [-0.2, 0) is 6.42 Å². The lowest BCUT2D eigenvalue weighted by Gasteiger charge is -2.12. The van der Waals surface area contributed by atoms with Crippen LogP contribution in [0.5, 0.6) is 0 Å². The van der Waals surface area contributed by atoms with Crippen molar-refractivity contribution in [2.24, 2.45) is 0 Å². The molecule has 126 valence electrons. The minimum Gasteiger partial charge on any atom is -0.294 e. The minimum absolute atomic E-state index is 0.0273. The Balaban J connectivity index is 1.88. The largest absolute Gasteiger partial charge is 0.294 e. The summed E-state index contributed by atoms with van der Waals surface area (Å²) in [5.41, 5.74) is 2.73. The number of hydrogen-bond donors (Lipinski definition) is 0. The van der Waals surface area contributed by atoms with Crippen LogP contribution >= 0.6 is 0 Å². The molecule has 4 rings (SSSR count). The van der Waals surface area contributed by atoms with Gasteiger partial charge in [0.1, 0.15) is 5.69 Å². The molecule has 1 heterocycles. The first-order valence-corrected chi connectivity index (χ1v) is 8.38. The summed E-state index contributed by atoms with van der Waals surface area (Å²) in [5.74, 6) is -0.120. The van der Waals surface area contributed by atoms with Gasteiger partial charge in [0.05, 0.1) is 17.5 Å². The van der Waals surface area contributed by atoms with Crippen molar-refractivity contribution in [1.82, 2.24) is 9.55 Å². The fourth-order valence-corrected chi connectivity index (χ4v) is 3.01. The summed E-state index contributed by atoms with van der Waals surface area (Å²) in [4.78, 5) is 30.1. The first-order valence-electron chi connectivity index (χ1n) is 8.38. The Morgan fingerprint density at radius 2 is 1.42 bits per heavy atom. The maximum absolute atomic E-state index is 13.1. The summed E-state index contributed by atoms with van der Waals surface area (Å²) >= 11 is 0. The average molecular weight is 340 g/mol. The van der Waals surface area contributed by atoms with E-state index in [9.17, 15) is 9.59 Å². The van der Waals surface area contributed by atoms with Gasteiger partial charge >= 0.3 is 0 Å². The lowest BCUT2D eigenvalue weighted by Crippen LogP contribution is -2.26. The molecular weight excluding hydrogens is 324 g/mol. The molecule has 0 N–H and O–H groups in total. The van der Waals surface area contributed by atoms with Crippen LogP contribution in [-0.4, -0.2) is 15.3 Å². The van der Waals surface area contributed by atoms with E-state index in [1.54, 1.807) is 16.7 Å². The van der Waals surface area contributed by atoms with Crippen LogP contribution < -0.4 is 5.56 Å². The third kappa shape index (κ3) is 2.93. The number of fused-ring (bicyclic) bond motifs is 1. The summed E-state index contributed by atoms with van der Waals surface area (Å²) in [7, 11) is 0. The number of para-hydroxylation sites is 3. The van der Waals surface area contributed by atoms with Crippen LogP contribution in [0.1, 0.15) is 16.1 Å². The van der Waals surface area contributed by atoms with Gasteiger partial charge in [0, 0.05) is 11.3 Å². The molecule has 0 atom stereocenters. The predicted octanol–water partition coefficient (Wildman–Crippen LogP) is 3.81. The molecule has 0 radical (unpaired) electrons. The Hall–Kier alpha value is -3.53. The topological polar surface area (TPSA) is 52.0 Å². The van der Waals surface area contributed by atoms with Gasteiger partial charge in [0.15, 0.2) is 5.78 Å². The van der Waals surface area contributed by atoms with Gasteiger partial charge in [-0.3, -0.25) is 14.2 Å². The molecule has 0 unspecified atom stereocenters. The zero-order valence-electron chi connectivity index (χ0n) is 14.0. The molecule has 4 heteroatoms. The highest BCUT2D eigenvalue weighted by Gasteiger charge is 2.16. The molecule has 0 aliphatic carbocycles. The monoisotopic (exact) mass is 340 g/mol. The quantitative estimate of drug-likeness (QED) is 0.531. The van der Waals surface area contributed by atoms with Crippen LogP contribution in [0.15, 0.2) is 89.7 Å². The van der Waals surface area contributed by atoms with Crippen molar-refractivity contribution >= 4 is 16.8 Å². The summed E-state index contributed by atoms with van der Waals surface area (Å²) in [6, 6.07) is 25.8. The van der Waals surface area contributed by atoms with E-state index >= 15 is 0 Å². The highest BCUT2D eigenvalue weighted by molar-refractivity contribution is 5.97. The molecule has 1 aromatic heterocycles. The third-order valence-corrected chi connectivity index (χ3v) is 4.27. The van der Waals surface area contributed by atoms with E-state index in [0.717, 1.165) is 11.2 Å². The van der Waals surface area contributed by atoms with E-state index in [0.29, 0.717) is 11.1 Å². The Bertz CT molecular complexity index is 1130. The van der Waals surface area contributed by atoms with Crippen LogP contribution in [0.2, 0.25) is 0 Å². The molecule has 0 aliphatic heterocycles. The Morgan fingerprint density at radius 3 is 2.15 bits per heavy atom. The molecule has 0 aliphatic rings. The first kappa shape index (κ1) is 16.0. The predicted molar refractivity (Wildman–Crippen MR) is 102 cm³/mol. The van der Waals surface area contributed by atoms with Gasteiger partial charge in [-0.2, -0.15) is 0 Å². The number of ketones is 1. The van der Waals surface area contributed by atoms with Crippen LogP contribution in [0.25, 0.3) is 16.7 Å². The molecule has 26 heavy (non-hydrogen) atoms. The van der Waals surface area contributed by atoms with Crippen molar-refractivity contribution in [1.29, 1.82) is 0 Å². The van der Waals surface area contributed by atoms with Crippen molar-refractivity contribution in [3.63, 3.8) is 0 Å². The average Bonchev–Trinajstić information content (AvgIpc) is 2.70. The summed E-state index contributed by atoms with van der Waals surface area (Å²) in [5, 5.41) is 0. The van der Waals surface area contributed by atoms with Gasteiger partial charge in [0.25, 0.3) is 5.56 Å². The van der Waals surface area contributed by atoms with E-state index < -0.39 is 0 Å². The first-order chi connectivity index (χ1) is 12.7. The summed E-state index contributed by atoms with van der Waals surface area (Å²) in [6.45, 7) is 0. The molecule has 4 nitrogen and oxygen atoms in total. The van der Waals surface area contributed by atoms with Crippen LogP contribution in [0.3, 0.4) is 0 Å². The molecule has 0 fully saturated rings. The minimum atomic E-state index is -0.265. The lowest BCUT2D eigenvalue weighted by molar-refractivity contribution is 0.0991. The van der Waals surface area contributed by atoms with E-state index in [2.05, 4.69) is 4.98 Å². The smallest absolute Gasteiger partial charge is 0.277 e. The maximum atomic E-state index is 13.1. The second-order valence-electron chi connectivity index (χ2n) is 5.99. The molecule has 0 spiro atoms. The van der Waals surface area contributed by atoms with Gasteiger partial charge in [-0.05, 0) is 24.3 Å². The van der Waals surface area contributed by atoms with Crippen molar-refractivity contribution in [3.05, 3.63) is 107 Å². The second-order valence-corrected chi connectivity index (χ2v) is 5.99. The fourth-order valence-electron chi connectivity index (χ4n) is 3.01. The Morgan fingerprint density at radius 1 is 0.808 bits per heavy atom. The molecule has 0 saturated heterocycles. The van der Waals surface area contributed by atoms with E-state index in [1.807, 2.05) is 72.8 Å². The number of nitrogens with zero attached hydrogens (tertiary/aromatic N) is 2. The Labute approximate surface area is 150 Å². The van der Waals surface area contributed by atoms with Crippen LogP contribution in [0, 0.1) is 0 Å². The molecule has 0 amide bonds. The number of benzene rings is 3. The number of carbonyl (C=O) groups is 1. The zero-order chi connectivity index (χ0) is 17.9. The standard InChI is InChI=1S/C22H16N2O2/c25-21(16-9-3-1-4-10-16)15-19-22(26)24(17-11-5-2-6-12-17)20-14-8-7-13-18(20)23-19/h1-14H,15H2. The van der Waals surface area contributed by atoms with E-state index in [-0.39, 0.29) is 23.5 Å². The van der Waals surface area contributed by atoms with Crippen molar-refractivity contribution < 1.29 is 4.79 Å². The van der Waals surface area contributed by atoms with Crippen LogP contribution in [0.4, 0.5) is 0 Å². The molecular formula is C22H16N2O2. The van der Waals surface area contributed by atoms with Crippen molar-refractivity contribution in [3.8, 4) is 5.69 Å². The number of Topliss-reactive ketones (excluding diaryl/α,β-unsaturated/α-hetero) is 1. The summed E-state index contributed by atoms with van der Waals surface area (Å²) in [6.07, 6.45) is -0.0273. The van der Waals surface area contributed by atoms with Crippen molar-refractivity contribution in [2.45, 2.75) is 6.42 Å². The third-order valence-electron chi connectivity index (χ3n) is 4.27. The maximum Gasteiger partial charge on any atom is 0.277 e. The van der Waals surface area contributed by atoms with Gasteiger partial charge in [-0.25, -0.2) is 4.98 Å². The van der Waals surface area contributed by atoms with Gasteiger partial charge in [-0.15, -0.1) is 0 Å². The highest BCUT2D eigenvalue weighted by atomic mass is 16.1. The van der Waals surface area contributed by atoms with Gasteiger partial charge in [0.2, 0.25) is 0 Å². The molecule has 0 saturated carbocycles. The second kappa shape index (κ2) is 6.76. The number of hydrogen-bond acceptors (Lipinski definition) is 3. The normalized spacial score (nSPS) is 10.8. The van der Waals surface area contributed by atoms with Gasteiger partial charge in [-0.1, -0.05) is 60.7 Å². The molecule has 0 bridgehead atoms. The SMILES string of the molecule is O=C(Cc1nc2ccccc2n(-c2ccccc2)c1=O)c1ccccc1. The van der Waals surface area contributed by atoms with Crippen molar-refractivity contribution in [2.75, 3.05) is 0 Å². The van der Waals surface area contributed by atoms with Gasteiger partial charge < -0.3 is 0 Å². The fraction of sp³-hybridized carbons (Fsp3) is 0.0455. The van der Waals surface area contributed by atoms with E-state index in [1.165, 1.54) is 0 Å². The zero-order valence-corrected chi connectivity index (χ0v) is 14.0. The number of aromatic nitrogens is 2. The Kier molecular flexibility index (Phi) is 4.15. The number of rotatable bonds is 4. The molecule has 4 aromatic rings. The summed E-state index contributed by atoms with van der Waals surface area (Å²) < 4.78 is 1.62. The highest BCUT2D eigenvalue weighted by Crippen LogP contribution is 2.16. The van der Waals surface area contributed by atoms with E-state index in [4.69, 9.17) is 0 Å². The number of carbonyl (C=O) groups excluding carboxylic acids is 1. The molecule has 3 aromatic carbocycles. The lowest BCUT2D eigenvalue weighted by atomic mass is 10.1.